The van der Waals surface area contributed by atoms with Crippen LogP contribution >= 0.6 is 0 Å². The van der Waals surface area contributed by atoms with Gasteiger partial charge in [0.15, 0.2) is 0 Å². The topological polar surface area (TPSA) is 50.6 Å². The Bertz CT molecular complexity index is 605. The zero-order chi connectivity index (χ0) is 18.0. The fourth-order valence-electron chi connectivity index (χ4n) is 4.16. The smallest absolute Gasteiger partial charge is 0.228 e. The Balaban J connectivity index is 1.55. The normalized spacial score (nSPS) is 25.4. The van der Waals surface area contributed by atoms with E-state index in [2.05, 4.69) is 35.7 Å². The summed E-state index contributed by atoms with van der Waals surface area (Å²) in [5.41, 5.74) is 3.68. The van der Waals surface area contributed by atoms with Gasteiger partial charge in [-0.25, -0.2) is 0 Å². The Morgan fingerprint density at radius 2 is 1.96 bits per heavy atom. The molecule has 0 bridgehead atoms. The molecule has 0 aliphatic carbocycles. The minimum Gasteiger partial charge on any atom is -0.377 e. The number of carbonyl (C=O) groups excluding carboxylic acids is 1. The first kappa shape index (κ1) is 18.4. The molecule has 2 fully saturated rings. The predicted octanol–water partition coefficient (Wildman–Crippen LogP) is 1.89. The quantitative estimate of drug-likeness (QED) is 0.834. The molecule has 3 rings (SSSR count). The molecule has 0 aromatic carbocycles. The lowest BCUT2D eigenvalue weighted by molar-refractivity contribution is -0.147. The first-order chi connectivity index (χ1) is 12.0. The summed E-state index contributed by atoms with van der Waals surface area (Å²) in [7, 11) is 2.00. The maximum absolute atomic E-state index is 12.9. The number of ether oxygens (including phenoxy) is 1. The Kier molecular flexibility index (Phi) is 5.79. The molecule has 2 unspecified atom stereocenters. The predicted molar refractivity (Wildman–Crippen MR) is 97.3 cm³/mol. The van der Waals surface area contributed by atoms with Gasteiger partial charge in [0.1, 0.15) is 0 Å². The number of aromatic nitrogens is 2. The lowest BCUT2D eigenvalue weighted by Gasteiger charge is -2.39. The molecular weight excluding hydrogens is 316 g/mol. The van der Waals surface area contributed by atoms with Crippen LogP contribution < -0.4 is 0 Å². The van der Waals surface area contributed by atoms with Gasteiger partial charge in [0.05, 0.1) is 17.7 Å². The number of hydrogen-bond acceptors (Lipinski definition) is 4. The number of aryl methyl sites for hydroxylation is 2. The Labute approximate surface area is 151 Å². The van der Waals surface area contributed by atoms with Crippen molar-refractivity contribution in [1.82, 2.24) is 19.6 Å². The number of piperazine rings is 1. The molecule has 6 heteroatoms. The van der Waals surface area contributed by atoms with Gasteiger partial charge in [0.25, 0.3) is 0 Å². The van der Waals surface area contributed by atoms with Crippen LogP contribution in [0.1, 0.15) is 43.1 Å². The molecule has 2 aliphatic heterocycles. The van der Waals surface area contributed by atoms with E-state index in [1.807, 2.05) is 11.7 Å². The van der Waals surface area contributed by atoms with E-state index in [-0.39, 0.29) is 12.0 Å². The van der Waals surface area contributed by atoms with Crippen molar-refractivity contribution in [3.05, 3.63) is 17.0 Å². The second-order valence-corrected chi connectivity index (χ2v) is 7.44. The van der Waals surface area contributed by atoms with Gasteiger partial charge in [-0.15, -0.1) is 0 Å². The highest BCUT2D eigenvalue weighted by molar-refractivity contribution is 5.79. The molecular formula is C19H32N4O2. The fraction of sp³-hybridized carbons (Fsp3) is 0.789. The standard InChI is InChI=1S/C19H32N4O2/c1-5-18-16(7-6-12-25-18)19(24)23-10-8-22(9-11-23)13-17-14(2)20-21(4)15(17)3/h16,18H,5-13H2,1-4H3. The summed E-state index contributed by atoms with van der Waals surface area (Å²) in [6.45, 7) is 11.6. The third-order valence-corrected chi connectivity index (χ3v) is 5.88. The van der Waals surface area contributed by atoms with E-state index in [1.54, 1.807) is 0 Å². The van der Waals surface area contributed by atoms with Crippen LogP contribution in [0.5, 0.6) is 0 Å². The molecule has 0 radical (unpaired) electrons. The van der Waals surface area contributed by atoms with Gasteiger partial charge >= 0.3 is 0 Å². The molecule has 3 heterocycles. The van der Waals surface area contributed by atoms with Gasteiger partial charge in [0, 0.05) is 57.6 Å². The summed E-state index contributed by atoms with van der Waals surface area (Å²) in [6.07, 6.45) is 3.02. The number of nitrogens with zero attached hydrogens (tertiary/aromatic N) is 4. The van der Waals surface area contributed by atoms with E-state index in [0.717, 1.165) is 64.3 Å². The van der Waals surface area contributed by atoms with Gasteiger partial charge in [-0.2, -0.15) is 5.10 Å². The van der Waals surface area contributed by atoms with E-state index in [9.17, 15) is 4.79 Å². The molecule has 25 heavy (non-hydrogen) atoms. The average molecular weight is 348 g/mol. The summed E-state index contributed by atoms with van der Waals surface area (Å²) < 4.78 is 7.77. The van der Waals surface area contributed by atoms with Crippen LogP contribution in [0.2, 0.25) is 0 Å². The molecule has 2 atom stereocenters. The van der Waals surface area contributed by atoms with Crippen LogP contribution in [0.3, 0.4) is 0 Å². The van der Waals surface area contributed by atoms with E-state index >= 15 is 0 Å². The summed E-state index contributed by atoms with van der Waals surface area (Å²) in [5.74, 6) is 0.369. The number of amides is 1. The van der Waals surface area contributed by atoms with Crippen molar-refractivity contribution in [2.45, 2.75) is 52.7 Å². The molecule has 2 saturated heterocycles. The monoisotopic (exact) mass is 348 g/mol. The minimum absolute atomic E-state index is 0.0631. The van der Waals surface area contributed by atoms with Crippen LogP contribution in [0, 0.1) is 19.8 Å². The molecule has 6 nitrogen and oxygen atoms in total. The van der Waals surface area contributed by atoms with Crippen molar-refractivity contribution >= 4 is 5.91 Å². The first-order valence-electron chi connectivity index (χ1n) is 9.63. The number of hydrogen-bond donors (Lipinski definition) is 0. The lowest BCUT2D eigenvalue weighted by Crippen LogP contribution is -2.52. The van der Waals surface area contributed by atoms with E-state index in [4.69, 9.17) is 4.74 Å². The van der Waals surface area contributed by atoms with Crippen LogP contribution in [-0.4, -0.2) is 64.4 Å². The van der Waals surface area contributed by atoms with Crippen molar-refractivity contribution < 1.29 is 9.53 Å². The second kappa shape index (κ2) is 7.87. The van der Waals surface area contributed by atoms with E-state index < -0.39 is 0 Å². The molecule has 0 N–H and O–H groups in total. The molecule has 1 aromatic rings. The molecule has 140 valence electrons. The number of carbonyl (C=O) groups is 1. The Hall–Kier alpha value is -1.40. The highest BCUT2D eigenvalue weighted by Crippen LogP contribution is 2.26. The summed E-state index contributed by atoms with van der Waals surface area (Å²) in [4.78, 5) is 17.4. The van der Waals surface area contributed by atoms with Gasteiger partial charge in [-0.05, 0) is 33.1 Å². The van der Waals surface area contributed by atoms with Crippen molar-refractivity contribution in [3.8, 4) is 0 Å². The largest absolute Gasteiger partial charge is 0.377 e. The first-order valence-corrected chi connectivity index (χ1v) is 9.63. The fourth-order valence-corrected chi connectivity index (χ4v) is 4.16. The van der Waals surface area contributed by atoms with Gasteiger partial charge in [0.2, 0.25) is 5.91 Å². The molecule has 1 amide bonds. The summed E-state index contributed by atoms with van der Waals surface area (Å²) in [5, 5.41) is 4.51. The average Bonchev–Trinajstić information content (AvgIpc) is 2.88. The van der Waals surface area contributed by atoms with Crippen LogP contribution in [-0.2, 0) is 23.1 Å². The van der Waals surface area contributed by atoms with Crippen molar-refractivity contribution in [2.24, 2.45) is 13.0 Å². The number of rotatable bonds is 4. The van der Waals surface area contributed by atoms with Crippen molar-refractivity contribution in [1.29, 1.82) is 0 Å². The molecule has 1 aromatic heterocycles. The van der Waals surface area contributed by atoms with Crippen LogP contribution in [0.4, 0.5) is 0 Å². The minimum atomic E-state index is 0.0631. The van der Waals surface area contributed by atoms with Crippen molar-refractivity contribution in [3.63, 3.8) is 0 Å². The molecule has 0 saturated carbocycles. The highest BCUT2D eigenvalue weighted by atomic mass is 16.5. The van der Waals surface area contributed by atoms with Crippen molar-refractivity contribution in [2.75, 3.05) is 32.8 Å². The van der Waals surface area contributed by atoms with Gasteiger partial charge < -0.3 is 9.64 Å². The zero-order valence-electron chi connectivity index (χ0n) is 16.1. The second-order valence-electron chi connectivity index (χ2n) is 7.44. The zero-order valence-corrected chi connectivity index (χ0v) is 16.1. The van der Waals surface area contributed by atoms with E-state index in [1.165, 1.54) is 11.3 Å². The maximum Gasteiger partial charge on any atom is 0.228 e. The maximum atomic E-state index is 12.9. The molecule has 2 aliphatic rings. The van der Waals surface area contributed by atoms with Gasteiger partial charge in [-0.3, -0.25) is 14.4 Å². The van der Waals surface area contributed by atoms with E-state index in [0.29, 0.717) is 5.91 Å². The third-order valence-electron chi connectivity index (χ3n) is 5.88. The van der Waals surface area contributed by atoms with Crippen LogP contribution in [0.15, 0.2) is 0 Å². The summed E-state index contributed by atoms with van der Waals surface area (Å²) in [6, 6.07) is 0. The Morgan fingerprint density at radius 3 is 2.56 bits per heavy atom. The third kappa shape index (κ3) is 3.90. The highest BCUT2D eigenvalue weighted by Gasteiger charge is 2.34. The van der Waals surface area contributed by atoms with Gasteiger partial charge in [-0.1, -0.05) is 6.92 Å². The summed E-state index contributed by atoms with van der Waals surface area (Å²) >= 11 is 0. The lowest BCUT2D eigenvalue weighted by atomic mass is 9.91. The Morgan fingerprint density at radius 1 is 1.24 bits per heavy atom. The SMILES string of the molecule is CCC1OCCCC1C(=O)N1CCN(Cc2c(C)nn(C)c2C)CC1. The molecule has 0 spiro atoms. The van der Waals surface area contributed by atoms with Crippen LogP contribution in [0.25, 0.3) is 0 Å².